The number of benzene rings is 1. The lowest BCUT2D eigenvalue weighted by Crippen LogP contribution is -2.22. The molecule has 0 bridgehead atoms. The van der Waals surface area contributed by atoms with Gasteiger partial charge in [-0.2, -0.15) is 4.68 Å². The number of hydrogen-bond acceptors (Lipinski definition) is 4. The molecule has 25 heavy (non-hydrogen) atoms. The van der Waals surface area contributed by atoms with E-state index >= 15 is 0 Å². The molecular weight excluding hydrogens is 340 g/mol. The van der Waals surface area contributed by atoms with Crippen LogP contribution in [0.25, 0.3) is 22.4 Å². The second-order valence-corrected chi connectivity index (χ2v) is 7.45. The van der Waals surface area contributed by atoms with Crippen LogP contribution in [-0.2, 0) is 12.5 Å². The van der Waals surface area contributed by atoms with Crippen molar-refractivity contribution < 1.29 is 0 Å². The van der Waals surface area contributed by atoms with Crippen LogP contribution in [0.4, 0.5) is 0 Å². The van der Waals surface area contributed by atoms with E-state index in [1.165, 1.54) is 0 Å². The molecule has 7 nitrogen and oxygen atoms in total. The van der Waals surface area contributed by atoms with E-state index in [9.17, 15) is 4.79 Å². The fourth-order valence-corrected chi connectivity index (χ4v) is 3.31. The molecule has 0 radical (unpaired) electrons. The van der Waals surface area contributed by atoms with Crippen molar-refractivity contribution in [1.29, 1.82) is 0 Å². The third-order valence-corrected chi connectivity index (χ3v) is 4.64. The largest absolute Gasteiger partial charge is 0.294 e. The van der Waals surface area contributed by atoms with Gasteiger partial charge in [-0.05, 0) is 12.1 Å². The number of imidazole rings is 1. The van der Waals surface area contributed by atoms with Crippen molar-refractivity contribution in [2.45, 2.75) is 26.2 Å². The molecule has 0 saturated heterocycles. The molecule has 1 aromatic carbocycles. The second kappa shape index (κ2) is 5.16. The third kappa shape index (κ3) is 2.19. The van der Waals surface area contributed by atoms with Crippen LogP contribution < -0.4 is 5.56 Å². The summed E-state index contributed by atoms with van der Waals surface area (Å²) in [6.07, 6.45) is 3.40. The summed E-state index contributed by atoms with van der Waals surface area (Å²) in [6.45, 7) is 6.23. The lowest BCUT2D eigenvalue weighted by Gasteiger charge is -2.18. The van der Waals surface area contributed by atoms with E-state index in [0.717, 1.165) is 5.69 Å². The van der Waals surface area contributed by atoms with Gasteiger partial charge in [0.05, 0.1) is 27.8 Å². The smallest absolute Gasteiger partial charge is 0.262 e. The standard InChI is InChI=1S/C17H17ClN6O/c1-17(2,3)12-8-20-21-24(12)14-15-22(4)16(25)13-10(18)6-5-7-11(13)23(15)9-19-14/h5-9H,1-4H3. The van der Waals surface area contributed by atoms with Crippen LogP contribution in [0.3, 0.4) is 0 Å². The molecule has 4 aromatic rings. The third-order valence-electron chi connectivity index (χ3n) is 4.33. The van der Waals surface area contributed by atoms with Crippen molar-refractivity contribution in [1.82, 2.24) is 28.9 Å². The summed E-state index contributed by atoms with van der Waals surface area (Å²) in [5.74, 6) is 0.559. The van der Waals surface area contributed by atoms with Crippen molar-refractivity contribution in [3.8, 4) is 5.82 Å². The van der Waals surface area contributed by atoms with Gasteiger partial charge >= 0.3 is 0 Å². The van der Waals surface area contributed by atoms with Gasteiger partial charge in [-0.25, -0.2) is 4.98 Å². The minimum absolute atomic E-state index is 0.168. The Balaban J connectivity index is 2.15. The number of rotatable bonds is 1. The first-order chi connectivity index (χ1) is 11.8. The molecule has 0 fully saturated rings. The Bertz CT molecular complexity index is 1180. The van der Waals surface area contributed by atoms with Crippen LogP contribution in [0.2, 0.25) is 5.02 Å². The Morgan fingerprint density at radius 2 is 1.96 bits per heavy atom. The first kappa shape index (κ1) is 15.8. The van der Waals surface area contributed by atoms with E-state index in [4.69, 9.17) is 11.6 Å². The maximum atomic E-state index is 12.9. The van der Waals surface area contributed by atoms with E-state index < -0.39 is 0 Å². The molecular formula is C17H17ClN6O. The van der Waals surface area contributed by atoms with Crippen LogP contribution in [0, 0.1) is 0 Å². The van der Waals surface area contributed by atoms with Gasteiger partial charge < -0.3 is 0 Å². The van der Waals surface area contributed by atoms with Crippen molar-refractivity contribution in [3.63, 3.8) is 0 Å². The fraction of sp³-hybridized carbons (Fsp3) is 0.294. The molecule has 0 amide bonds. The average Bonchev–Trinajstić information content (AvgIpc) is 3.18. The highest BCUT2D eigenvalue weighted by atomic mass is 35.5. The normalized spacial score (nSPS) is 12.4. The topological polar surface area (TPSA) is 70.0 Å². The highest BCUT2D eigenvalue weighted by Gasteiger charge is 2.24. The van der Waals surface area contributed by atoms with E-state index in [0.29, 0.717) is 27.4 Å². The Morgan fingerprint density at radius 3 is 2.68 bits per heavy atom. The summed E-state index contributed by atoms with van der Waals surface area (Å²) >= 11 is 6.25. The number of hydrogen-bond donors (Lipinski definition) is 0. The predicted octanol–water partition coefficient (Wildman–Crippen LogP) is 2.72. The van der Waals surface area contributed by atoms with Crippen LogP contribution in [0.5, 0.6) is 0 Å². The number of aromatic nitrogens is 6. The van der Waals surface area contributed by atoms with Gasteiger partial charge in [0, 0.05) is 12.5 Å². The predicted molar refractivity (Wildman–Crippen MR) is 96.6 cm³/mol. The Labute approximate surface area is 148 Å². The average molecular weight is 357 g/mol. The van der Waals surface area contributed by atoms with E-state index in [-0.39, 0.29) is 11.0 Å². The SMILES string of the molecule is Cn1c(=O)c2c(Cl)cccc2n2cnc(-n3nncc3C(C)(C)C)c12. The number of halogens is 1. The van der Waals surface area contributed by atoms with Gasteiger partial charge in [0.1, 0.15) is 6.33 Å². The van der Waals surface area contributed by atoms with Crippen LogP contribution in [0.1, 0.15) is 26.5 Å². The summed E-state index contributed by atoms with van der Waals surface area (Å²) in [4.78, 5) is 17.4. The van der Waals surface area contributed by atoms with E-state index in [1.54, 1.807) is 34.9 Å². The first-order valence-corrected chi connectivity index (χ1v) is 8.24. The van der Waals surface area contributed by atoms with Crippen molar-refractivity contribution in [2.24, 2.45) is 7.05 Å². The lowest BCUT2D eigenvalue weighted by molar-refractivity contribution is 0.540. The van der Waals surface area contributed by atoms with Crippen LogP contribution >= 0.6 is 11.6 Å². The van der Waals surface area contributed by atoms with Gasteiger partial charge in [-0.1, -0.05) is 43.7 Å². The molecule has 3 heterocycles. The molecule has 4 rings (SSSR count). The van der Waals surface area contributed by atoms with Crippen molar-refractivity contribution in [2.75, 3.05) is 0 Å². The van der Waals surface area contributed by atoms with Crippen molar-refractivity contribution in [3.05, 3.63) is 51.8 Å². The molecule has 0 N–H and O–H groups in total. The van der Waals surface area contributed by atoms with Gasteiger partial charge in [0.25, 0.3) is 5.56 Å². The molecule has 3 aromatic heterocycles. The number of nitrogens with zero attached hydrogens (tertiary/aromatic N) is 6. The summed E-state index contributed by atoms with van der Waals surface area (Å²) in [7, 11) is 1.71. The highest BCUT2D eigenvalue weighted by Crippen LogP contribution is 2.27. The summed E-state index contributed by atoms with van der Waals surface area (Å²) in [5.41, 5.74) is 1.91. The van der Waals surface area contributed by atoms with E-state index in [2.05, 4.69) is 36.1 Å². The zero-order valence-corrected chi connectivity index (χ0v) is 15.1. The molecule has 0 aliphatic carbocycles. The molecule has 0 spiro atoms. The quantitative estimate of drug-likeness (QED) is 0.526. The zero-order valence-electron chi connectivity index (χ0n) is 14.4. The van der Waals surface area contributed by atoms with E-state index in [1.807, 2.05) is 16.5 Å². The lowest BCUT2D eigenvalue weighted by atomic mass is 9.93. The summed E-state index contributed by atoms with van der Waals surface area (Å²) < 4.78 is 5.09. The minimum Gasteiger partial charge on any atom is -0.294 e. The Morgan fingerprint density at radius 1 is 1.20 bits per heavy atom. The fourth-order valence-electron chi connectivity index (χ4n) is 3.06. The molecule has 128 valence electrons. The van der Waals surface area contributed by atoms with Gasteiger partial charge in [-0.3, -0.25) is 13.8 Å². The Hall–Kier alpha value is -2.67. The van der Waals surface area contributed by atoms with Crippen LogP contribution in [-0.4, -0.2) is 28.9 Å². The first-order valence-electron chi connectivity index (χ1n) is 7.86. The number of aryl methyl sites for hydroxylation is 1. The molecule has 0 atom stereocenters. The maximum absolute atomic E-state index is 12.9. The summed E-state index contributed by atoms with van der Waals surface area (Å²) in [5, 5.41) is 9.12. The zero-order chi connectivity index (χ0) is 17.9. The van der Waals surface area contributed by atoms with Crippen LogP contribution in [0.15, 0.2) is 35.5 Å². The molecule has 0 aliphatic heterocycles. The van der Waals surface area contributed by atoms with Gasteiger partial charge in [-0.15, -0.1) is 5.10 Å². The van der Waals surface area contributed by atoms with Gasteiger partial charge in [0.15, 0.2) is 11.5 Å². The molecule has 0 aliphatic rings. The Kier molecular flexibility index (Phi) is 3.27. The number of fused-ring (bicyclic) bond motifs is 3. The molecule has 8 heteroatoms. The highest BCUT2D eigenvalue weighted by molar-refractivity contribution is 6.35. The molecule has 0 unspecified atom stereocenters. The van der Waals surface area contributed by atoms with Crippen molar-refractivity contribution >= 4 is 28.2 Å². The minimum atomic E-state index is -0.174. The summed E-state index contributed by atoms with van der Waals surface area (Å²) in [6, 6.07) is 5.39. The molecule has 0 saturated carbocycles. The monoisotopic (exact) mass is 356 g/mol. The van der Waals surface area contributed by atoms with Gasteiger partial charge in [0.2, 0.25) is 0 Å². The second-order valence-electron chi connectivity index (χ2n) is 7.04. The maximum Gasteiger partial charge on any atom is 0.262 e.